The van der Waals surface area contributed by atoms with Crippen LogP contribution in [-0.2, 0) is 0 Å². The first kappa shape index (κ1) is 11.0. The number of para-hydroxylation sites is 1. The van der Waals surface area contributed by atoms with Crippen LogP contribution in [0.15, 0.2) is 41.1 Å². The van der Waals surface area contributed by atoms with Crippen LogP contribution in [0, 0.1) is 6.92 Å². The number of anilines is 1. The zero-order valence-corrected chi connectivity index (χ0v) is 10.4. The van der Waals surface area contributed by atoms with E-state index in [9.17, 15) is 0 Å². The highest BCUT2D eigenvalue weighted by atomic mass is 79.9. The van der Waals surface area contributed by atoms with E-state index in [2.05, 4.69) is 20.9 Å². The molecule has 4 heteroatoms. The van der Waals surface area contributed by atoms with E-state index in [1.54, 1.807) is 18.5 Å². The lowest BCUT2D eigenvalue weighted by Crippen LogP contribution is -1.95. The van der Waals surface area contributed by atoms with Gasteiger partial charge in [-0.05, 0) is 34.5 Å². The Kier molecular flexibility index (Phi) is 3.10. The first-order chi connectivity index (χ1) is 7.68. The molecule has 2 aromatic rings. The van der Waals surface area contributed by atoms with Crippen LogP contribution < -0.4 is 10.5 Å². The van der Waals surface area contributed by atoms with Crippen molar-refractivity contribution in [2.45, 2.75) is 6.92 Å². The number of benzene rings is 1. The molecule has 1 heterocycles. The third kappa shape index (κ3) is 2.17. The number of pyridine rings is 1. The number of aryl methyl sites for hydroxylation is 1. The van der Waals surface area contributed by atoms with E-state index in [0.717, 1.165) is 10.0 Å². The van der Waals surface area contributed by atoms with Gasteiger partial charge in [0, 0.05) is 18.5 Å². The van der Waals surface area contributed by atoms with Gasteiger partial charge in [-0.15, -0.1) is 0 Å². The van der Waals surface area contributed by atoms with Crippen molar-refractivity contribution < 1.29 is 4.74 Å². The molecule has 3 nitrogen and oxygen atoms in total. The molecule has 2 rings (SSSR count). The smallest absolute Gasteiger partial charge is 0.153 e. The number of nitrogens with two attached hydrogens (primary N) is 1. The van der Waals surface area contributed by atoms with Crippen LogP contribution in [0.5, 0.6) is 11.5 Å². The van der Waals surface area contributed by atoms with E-state index in [1.807, 2.05) is 25.1 Å². The molecule has 0 fully saturated rings. The molecular formula is C12H11BrN2O. The molecule has 0 bridgehead atoms. The van der Waals surface area contributed by atoms with Gasteiger partial charge >= 0.3 is 0 Å². The maximum atomic E-state index is 5.86. The summed E-state index contributed by atoms with van der Waals surface area (Å²) in [6.07, 6.45) is 3.36. The Hall–Kier alpha value is -1.55. The predicted octanol–water partition coefficient (Wildman–Crippen LogP) is 3.53. The van der Waals surface area contributed by atoms with Crippen molar-refractivity contribution in [3.63, 3.8) is 0 Å². The minimum Gasteiger partial charge on any atom is -0.454 e. The Balaban J connectivity index is 2.38. The number of hydrogen-bond donors (Lipinski definition) is 1. The lowest BCUT2D eigenvalue weighted by Gasteiger charge is -2.11. The summed E-state index contributed by atoms with van der Waals surface area (Å²) in [5, 5.41) is 0. The summed E-state index contributed by atoms with van der Waals surface area (Å²) in [4.78, 5) is 3.97. The summed E-state index contributed by atoms with van der Waals surface area (Å²) in [5.41, 5.74) is 7.50. The molecule has 0 aliphatic heterocycles. The number of rotatable bonds is 2. The lowest BCUT2D eigenvalue weighted by molar-refractivity contribution is 0.477. The van der Waals surface area contributed by atoms with Crippen LogP contribution in [0.4, 0.5) is 5.69 Å². The van der Waals surface area contributed by atoms with Crippen molar-refractivity contribution >= 4 is 21.6 Å². The zero-order valence-electron chi connectivity index (χ0n) is 8.77. The minimum atomic E-state index is 0.628. The van der Waals surface area contributed by atoms with Crippen molar-refractivity contribution in [1.82, 2.24) is 4.98 Å². The molecule has 0 spiro atoms. The molecule has 2 N–H and O–H groups in total. The maximum Gasteiger partial charge on any atom is 0.153 e. The molecule has 0 unspecified atom stereocenters. The van der Waals surface area contributed by atoms with Gasteiger partial charge in [-0.2, -0.15) is 0 Å². The molecule has 1 aromatic carbocycles. The van der Waals surface area contributed by atoms with Crippen LogP contribution in [0.1, 0.15) is 5.56 Å². The molecule has 16 heavy (non-hydrogen) atoms. The van der Waals surface area contributed by atoms with Crippen molar-refractivity contribution in [3.8, 4) is 11.5 Å². The number of hydrogen-bond acceptors (Lipinski definition) is 3. The van der Waals surface area contributed by atoms with Crippen molar-refractivity contribution in [1.29, 1.82) is 0 Å². The first-order valence-electron chi connectivity index (χ1n) is 4.81. The van der Waals surface area contributed by atoms with E-state index >= 15 is 0 Å². The molecule has 82 valence electrons. The summed E-state index contributed by atoms with van der Waals surface area (Å²) in [6, 6.07) is 7.47. The van der Waals surface area contributed by atoms with Crippen molar-refractivity contribution in [2.75, 3.05) is 5.73 Å². The third-order valence-electron chi connectivity index (χ3n) is 2.19. The molecule has 0 saturated carbocycles. The number of nitrogen functional groups attached to an aromatic ring is 1. The fraction of sp³-hybridized carbons (Fsp3) is 0.0833. The van der Waals surface area contributed by atoms with E-state index < -0.39 is 0 Å². The normalized spacial score (nSPS) is 10.1. The standard InChI is InChI=1S/C12H11BrN2O/c1-8-3-2-4-10(14)12(8)16-11-5-6-15-7-9(11)13/h2-7H,14H2,1H3. The number of aromatic nitrogens is 1. The number of nitrogens with zero attached hydrogens (tertiary/aromatic N) is 1. The fourth-order valence-corrected chi connectivity index (χ4v) is 1.70. The van der Waals surface area contributed by atoms with E-state index in [4.69, 9.17) is 10.5 Å². The molecular weight excluding hydrogens is 268 g/mol. The minimum absolute atomic E-state index is 0.628. The second kappa shape index (κ2) is 4.53. The van der Waals surface area contributed by atoms with Gasteiger partial charge in [0.15, 0.2) is 5.75 Å². The number of ether oxygens (including phenoxy) is 1. The van der Waals surface area contributed by atoms with Crippen LogP contribution >= 0.6 is 15.9 Å². The van der Waals surface area contributed by atoms with Crippen LogP contribution in [-0.4, -0.2) is 4.98 Å². The van der Waals surface area contributed by atoms with Crippen molar-refractivity contribution in [3.05, 3.63) is 46.7 Å². The third-order valence-corrected chi connectivity index (χ3v) is 2.79. The summed E-state index contributed by atoms with van der Waals surface area (Å²) in [5.74, 6) is 1.39. The van der Waals surface area contributed by atoms with E-state index in [1.165, 1.54) is 0 Å². The van der Waals surface area contributed by atoms with Crippen molar-refractivity contribution in [2.24, 2.45) is 0 Å². The second-order valence-corrected chi connectivity index (χ2v) is 4.26. The summed E-state index contributed by atoms with van der Waals surface area (Å²) in [7, 11) is 0. The molecule has 1 aromatic heterocycles. The van der Waals surface area contributed by atoms with E-state index in [-0.39, 0.29) is 0 Å². The van der Waals surface area contributed by atoms with Gasteiger partial charge < -0.3 is 10.5 Å². The monoisotopic (exact) mass is 278 g/mol. The molecule has 0 saturated heterocycles. The van der Waals surface area contributed by atoms with Gasteiger partial charge in [-0.3, -0.25) is 4.98 Å². The largest absolute Gasteiger partial charge is 0.454 e. The Morgan fingerprint density at radius 3 is 2.81 bits per heavy atom. The Morgan fingerprint density at radius 2 is 2.12 bits per heavy atom. The average molecular weight is 279 g/mol. The maximum absolute atomic E-state index is 5.86. The van der Waals surface area contributed by atoms with Crippen LogP contribution in [0.25, 0.3) is 0 Å². The Labute approximate surface area is 102 Å². The summed E-state index contributed by atoms with van der Waals surface area (Å²) >= 11 is 3.37. The molecule has 0 aliphatic carbocycles. The van der Waals surface area contributed by atoms with Gasteiger partial charge in [-0.1, -0.05) is 12.1 Å². The SMILES string of the molecule is Cc1cccc(N)c1Oc1ccncc1Br. The number of halogens is 1. The van der Waals surface area contributed by atoms with Gasteiger partial charge in [0.2, 0.25) is 0 Å². The Bertz CT molecular complexity index is 494. The molecule has 0 aliphatic rings. The van der Waals surface area contributed by atoms with Gasteiger partial charge in [0.05, 0.1) is 10.2 Å². The molecule has 0 atom stereocenters. The highest BCUT2D eigenvalue weighted by molar-refractivity contribution is 9.10. The lowest BCUT2D eigenvalue weighted by atomic mass is 10.2. The highest BCUT2D eigenvalue weighted by Crippen LogP contribution is 2.33. The van der Waals surface area contributed by atoms with Gasteiger partial charge in [-0.25, -0.2) is 0 Å². The van der Waals surface area contributed by atoms with Crippen LogP contribution in [0.3, 0.4) is 0 Å². The highest BCUT2D eigenvalue weighted by Gasteiger charge is 2.07. The average Bonchev–Trinajstić information content (AvgIpc) is 2.26. The topological polar surface area (TPSA) is 48.1 Å². The predicted molar refractivity (Wildman–Crippen MR) is 67.6 cm³/mol. The van der Waals surface area contributed by atoms with Gasteiger partial charge in [0.1, 0.15) is 5.75 Å². The fourth-order valence-electron chi connectivity index (χ4n) is 1.37. The second-order valence-electron chi connectivity index (χ2n) is 3.40. The first-order valence-corrected chi connectivity index (χ1v) is 5.60. The van der Waals surface area contributed by atoms with E-state index in [0.29, 0.717) is 17.2 Å². The zero-order chi connectivity index (χ0) is 11.5. The Morgan fingerprint density at radius 1 is 1.31 bits per heavy atom. The van der Waals surface area contributed by atoms with Gasteiger partial charge in [0.25, 0.3) is 0 Å². The quantitative estimate of drug-likeness (QED) is 0.855. The molecule has 0 radical (unpaired) electrons. The molecule has 0 amide bonds. The summed E-state index contributed by atoms with van der Waals surface area (Å²) < 4.78 is 6.56. The van der Waals surface area contributed by atoms with Crippen LogP contribution in [0.2, 0.25) is 0 Å². The summed E-state index contributed by atoms with van der Waals surface area (Å²) in [6.45, 7) is 1.96.